The van der Waals surface area contributed by atoms with Gasteiger partial charge in [-0.15, -0.1) is 0 Å². The summed E-state index contributed by atoms with van der Waals surface area (Å²) in [6, 6.07) is 5.71. The number of rotatable bonds is 5. The van der Waals surface area contributed by atoms with Crippen LogP contribution in [0.2, 0.25) is 0 Å². The lowest BCUT2D eigenvalue weighted by molar-refractivity contribution is -0.121. The molecule has 1 atom stereocenters. The van der Waals surface area contributed by atoms with E-state index in [-0.39, 0.29) is 12.5 Å². The smallest absolute Gasteiger partial charge is 0.241 e. The van der Waals surface area contributed by atoms with Crippen molar-refractivity contribution < 1.29 is 9.00 Å². The standard InChI is InChI=1S/C22H23N9O2S/c1-12-15(8-24-10-18(12)30-34(2)33)17-5-13-6-19(26-9-16(13)22(23)27-17)28-20-7-14-3-4-25-21(32)11-31(14)29-20/h5-10,30H,3-4,11H2,1-2H3,(H2,23,27)(H,25,32)(H,26,28,29). The Hall–Kier alpha value is -4.06. The summed E-state index contributed by atoms with van der Waals surface area (Å²) in [7, 11) is -1.22. The molecule has 5 heterocycles. The lowest BCUT2D eigenvalue weighted by Gasteiger charge is -2.12. The van der Waals surface area contributed by atoms with E-state index < -0.39 is 11.0 Å². The lowest BCUT2D eigenvalue weighted by atomic mass is 10.0. The highest BCUT2D eigenvalue weighted by Crippen LogP contribution is 2.31. The maximum atomic E-state index is 11.8. The van der Waals surface area contributed by atoms with Gasteiger partial charge in [0, 0.05) is 54.3 Å². The number of pyridine rings is 3. The van der Waals surface area contributed by atoms with Crippen molar-refractivity contribution >= 4 is 50.8 Å². The van der Waals surface area contributed by atoms with Gasteiger partial charge in [-0.05, 0) is 30.0 Å². The number of anilines is 4. The van der Waals surface area contributed by atoms with Crippen LogP contribution in [-0.2, 0) is 28.7 Å². The van der Waals surface area contributed by atoms with Crippen molar-refractivity contribution in [1.29, 1.82) is 0 Å². The molecule has 0 saturated carbocycles. The van der Waals surface area contributed by atoms with E-state index in [9.17, 15) is 9.00 Å². The fourth-order valence-electron chi connectivity index (χ4n) is 3.93. The fourth-order valence-corrected chi connectivity index (χ4v) is 4.44. The summed E-state index contributed by atoms with van der Waals surface area (Å²) in [6.07, 6.45) is 7.28. The van der Waals surface area contributed by atoms with E-state index in [0.29, 0.717) is 41.8 Å². The molecular weight excluding hydrogens is 454 g/mol. The number of hydrogen-bond acceptors (Lipinski definition) is 8. The molecule has 0 aromatic carbocycles. The number of amides is 1. The molecule has 1 unspecified atom stereocenters. The maximum Gasteiger partial charge on any atom is 0.241 e. The molecule has 1 amide bonds. The number of fused-ring (bicyclic) bond motifs is 2. The van der Waals surface area contributed by atoms with Crippen molar-refractivity contribution in [2.24, 2.45) is 0 Å². The van der Waals surface area contributed by atoms with E-state index in [1.807, 2.05) is 25.1 Å². The van der Waals surface area contributed by atoms with Gasteiger partial charge in [0.25, 0.3) is 0 Å². The minimum Gasteiger partial charge on any atom is -0.383 e. The molecule has 5 N–H and O–H groups in total. The van der Waals surface area contributed by atoms with Crippen LogP contribution in [0.15, 0.2) is 36.8 Å². The summed E-state index contributed by atoms with van der Waals surface area (Å²) in [4.78, 5) is 25.1. The van der Waals surface area contributed by atoms with Gasteiger partial charge in [-0.2, -0.15) is 5.10 Å². The molecule has 0 radical (unpaired) electrons. The van der Waals surface area contributed by atoms with E-state index in [1.165, 1.54) is 0 Å². The fraction of sp³-hybridized carbons (Fsp3) is 0.227. The molecule has 12 heteroatoms. The Morgan fingerprint density at radius 3 is 2.85 bits per heavy atom. The number of nitrogens with two attached hydrogens (primary N) is 1. The molecule has 34 heavy (non-hydrogen) atoms. The molecule has 5 rings (SSSR count). The van der Waals surface area contributed by atoms with Crippen molar-refractivity contribution in [3.05, 3.63) is 48.0 Å². The molecule has 0 fully saturated rings. The summed E-state index contributed by atoms with van der Waals surface area (Å²) < 4.78 is 16.2. The zero-order valence-electron chi connectivity index (χ0n) is 18.6. The number of hydrogen-bond donors (Lipinski definition) is 4. The molecule has 174 valence electrons. The number of carbonyl (C=O) groups excluding carboxylic acids is 1. The van der Waals surface area contributed by atoms with E-state index in [0.717, 1.165) is 27.6 Å². The van der Waals surface area contributed by atoms with E-state index >= 15 is 0 Å². The molecular formula is C22H23N9O2S. The molecule has 0 bridgehead atoms. The van der Waals surface area contributed by atoms with Gasteiger partial charge in [0.2, 0.25) is 5.91 Å². The van der Waals surface area contributed by atoms with Gasteiger partial charge in [-0.25, -0.2) is 14.2 Å². The molecule has 4 aromatic heterocycles. The third-order valence-corrected chi connectivity index (χ3v) is 6.11. The summed E-state index contributed by atoms with van der Waals surface area (Å²) in [5.41, 5.74) is 10.2. The zero-order valence-corrected chi connectivity index (χ0v) is 19.4. The summed E-state index contributed by atoms with van der Waals surface area (Å²) in [5.74, 6) is 1.50. The normalized spacial score (nSPS) is 14.2. The Labute approximate surface area is 197 Å². The van der Waals surface area contributed by atoms with Crippen molar-refractivity contribution in [3.8, 4) is 11.3 Å². The van der Waals surface area contributed by atoms with Gasteiger partial charge in [0.05, 0.1) is 17.6 Å². The first-order chi connectivity index (χ1) is 16.4. The van der Waals surface area contributed by atoms with Gasteiger partial charge in [0.15, 0.2) is 5.82 Å². The number of aromatic nitrogens is 5. The Morgan fingerprint density at radius 1 is 1.18 bits per heavy atom. The Balaban J connectivity index is 1.49. The van der Waals surface area contributed by atoms with Gasteiger partial charge in [-0.3, -0.25) is 14.5 Å². The highest BCUT2D eigenvalue weighted by Gasteiger charge is 2.16. The predicted molar refractivity (Wildman–Crippen MR) is 132 cm³/mol. The second-order valence-electron chi connectivity index (χ2n) is 8.00. The van der Waals surface area contributed by atoms with Crippen LogP contribution in [0.3, 0.4) is 0 Å². The molecule has 0 aliphatic carbocycles. The van der Waals surface area contributed by atoms with Crippen LogP contribution >= 0.6 is 0 Å². The summed E-state index contributed by atoms with van der Waals surface area (Å²) in [5, 5.41) is 12.1. The summed E-state index contributed by atoms with van der Waals surface area (Å²) >= 11 is 0. The molecule has 1 aliphatic rings. The van der Waals surface area contributed by atoms with Crippen molar-refractivity contribution in [2.75, 3.05) is 28.6 Å². The number of nitrogens with zero attached hydrogens (tertiary/aromatic N) is 5. The third-order valence-electron chi connectivity index (χ3n) is 5.61. The van der Waals surface area contributed by atoms with Gasteiger partial charge in [0.1, 0.15) is 29.2 Å². The maximum absolute atomic E-state index is 11.8. The third kappa shape index (κ3) is 4.27. The SMILES string of the molecule is Cc1c(NS(C)=O)cncc1-c1cc2cc(Nc3cc4n(n3)CC(=O)NCC4)ncc2c(N)n1. The topological polar surface area (TPSA) is 153 Å². The minimum atomic E-state index is -1.22. The lowest BCUT2D eigenvalue weighted by Crippen LogP contribution is -2.25. The van der Waals surface area contributed by atoms with Crippen LogP contribution < -0.4 is 21.1 Å². The number of carbonyl (C=O) groups is 1. The average Bonchev–Trinajstić information content (AvgIpc) is 3.06. The molecule has 1 aliphatic heterocycles. The second-order valence-corrected chi connectivity index (χ2v) is 9.12. The number of nitrogens with one attached hydrogen (secondary N) is 3. The Kier molecular flexibility index (Phi) is 5.57. The Bertz CT molecular complexity index is 1450. The molecule has 11 nitrogen and oxygen atoms in total. The largest absolute Gasteiger partial charge is 0.383 e. The summed E-state index contributed by atoms with van der Waals surface area (Å²) in [6.45, 7) is 2.70. The predicted octanol–water partition coefficient (Wildman–Crippen LogP) is 1.90. The van der Waals surface area contributed by atoms with Crippen LogP contribution in [-0.4, -0.2) is 47.6 Å². The van der Waals surface area contributed by atoms with Crippen LogP contribution in [0, 0.1) is 6.92 Å². The van der Waals surface area contributed by atoms with Crippen LogP contribution in [0.25, 0.3) is 22.0 Å². The quantitative estimate of drug-likeness (QED) is 0.340. The monoisotopic (exact) mass is 477 g/mol. The van der Waals surface area contributed by atoms with Crippen LogP contribution in [0.1, 0.15) is 11.3 Å². The van der Waals surface area contributed by atoms with Gasteiger partial charge >= 0.3 is 0 Å². The zero-order chi connectivity index (χ0) is 23.8. The van der Waals surface area contributed by atoms with Crippen molar-refractivity contribution in [1.82, 2.24) is 30.0 Å². The van der Waals surface area contributed by atoms with Crippen molar-refractivity contribution in [3.63, 3.8) is 0 Å². The van der Waals surface area contributed by atoms with Crippen LogP contribution in [0.5, 0.6) is 0 Å². The van der Waals surface area contributed by atoms with Gasteiger partial charge < -0.3 is 21.1 Å². The van der Waals surface area contributed by atoms with Crippen molar-refractivity contribution in [2.45, 2.75) is 19.9 Å². The second kappa shape index (κ2) is 8.71. The highest BCUT2D eigenvalue weighted by atomic mass is 32.2. The molecule has 4 aromatic rings. The Morgan fingerprint density at radius 2 is 2.03 bits per heavy atom. The minimum absolute atomic E-state index is 0.0537. The van der Waals surface area contributed by atoms with E-state index in [1.54, 1.807) is 29.5 Å². The molecule has 0 spiro atoms. The molecule has 0 saturated heterocycles. The van der Waals surface area contributed by atoms with Crippen LogP contribution in [0.4, 0.5) is 23.1 Å². The average molecular weight is 478 g/mol. The first-order valence-electron chi connectivity index (χ1n) is 10.6. The number of nitrogen functional groups attached to an aromatic ring is 1. The van der Waals surface area contributed by atoms with E-state index in [2.05, 4.69) is 35.4 Å². The first kappa shape index (κ1) is 21.8. The highest BCUT2D eigenvalue weighted by molar-refractivity contribution is 7.85. The first-order valence-corrected chi connectivity index (χ1v) is 12.1. The van der Waals surface area contributed by atoms with Gasteiger partial charge in [-0.1, -0.05) is 0 Å². The van der Waals surface area contributed by atoms with E-state index in [4.69, 9.17) is 5.73 Å².